The van der Waals surface area contributed by atoms with E-state index in [-0.39, 0.29) is 17.6 Å². The number of carbonyl (C=O) groups excluding carboxylic acids is 1. The van der Waals surface area contributed by atoms with Crippen LogP contribution in [-0.2, 0) is 9.59 Å². The van der Waals surface area contributed by atoms with Crippen molar-refractivity contribution >= 4 is 11.8 Å². The smallest absolute Gasteiger partial charge is 0.336 e. The molecule has 0 aliphatic heterocycles. The number of aliphatic carboxylic acids is 1. The van der Waals surface area contributed by atoms with Crippen molar-refractivity contribution in [3.8, 4) is 0 Å². The van der Waals surface area contributed by atoms with Crippen LogP contribution in [0.3, 0.4) is 0 Å². The van der Waals surface area contributed by atoms with E-state index in [1.165, 1.54) is 6.08 Å². The van der Waals surface area contributed by atoms with Crippen molar-refractivity contribution in [2.24, 2.45) is 0 Å². The summed E-state index contributed by atoms with van der Waals surface area (Å²) in [5, 5.41) is 17.5. The van der Waals surface area contributed by atoms with Gasteiger partial charge in [-0.15, -0.1) is 0 Å². The quantitative estimate of drug-likeness (QED) is 0.535. The second-order valence-electron chi connectivity index (χ2n) is 2.52. The summed E-state index contributed by atoms with van der Waals surface area (Å²) in [6, 6.07) is 0. The molecule has 64 valence electrons. The van der Waals surface area contributed by atoms with Crippen LogP contribution in [0, 0.1) is 0 Å². The Hall–Kier alpha value is -1.42. The van der Waals surface area contributed by atoms with Crippen molar-refractivity contribution < 1.29 is 19.8 Å². The third-order valence-electron chi connectivity index (χ3n) is 1.70. The highest BCUT2D eigenvalue weighted by Gasteiger charge is 2.27. The van der Waals surface area contributed by atoms with E-state index in [0.717, 1.165) is 0 Å². The first kappa shape index (κ1) is 8.67. The van der Waals surface area contributed by atoms with Gasteiger partial charge in [-0.05, 0) is 6.42 Å². The Morgan fingerprint density at radius 2 is 2.25 bits per heavy atom. The Kier molecular flexibility index (Phi) is 2.10. The lowest BCUT2D eigenvalue weighted by Gasteiger charge is -2.15. The number of rotatable bonds is 1. The molecule has 0 aromatic rings. The molecule has 0 saturated heterocycles. The fourth-order valence-corrected chi connectivity index (χ4v) is 1.01. The van der Waals surface area contributed by atoms with Crippen LogP contribution in [0.15, 0.2) is 23.8 Å². The van der Waals surface area contributed by atoms with Crippen LogP contribution in [0.4, 0.5) is 0 Å². The first-order valence-electron chi connectivity index (χ1n) is 3.39. The van der Waals surface area contributed by atoms with Gasteiger partial charge in [0, 0.05) is 5.57 Å². The second-order valence-corrected chi connectivity index (χ2v) is 2.52. The van der Waals surface area contributed by atoms with Crippen molar-refractivity contribution in [2.75, 3.05) is 0 Å². The number of aliphatic hydroxyl groups excluding tert-OH is 1. The molecule has 0 heterocycles. The van der Waals surface area contributed by atoms with Crippen LogP contribution < -0.4 is 0 Å². The van der Waals surface area contributed by atoms with Crippen LogP contribution in [-0.4, -0.2) is 28.1 Å². The molecule has 0 bridgehead atoms. The van der Waals surface area contributed by atoms with E-state index in [4.69, 9.17) is 10.2 Å². The Balaban J connectivity index is 3.00. The van der Waals surface area contributed by atoms with Crippen molar-refractivity contribution in [1.29, 1.82) is 0 Å². The number of Topliss-reactive ketones (excluding diaryl/α,β-unsaturated/α-hetero) is 1. The van der Waals surface area contributed by atoms with Crippen molar-refractivity contribution in [1.82, 2.24) is 0 Å². The lowest BCUT2D eigenvalue weighted by Crippen LogP contribution is -2.27. The maximum atomic E-state index is 11.0. The zero-order valence-electron chi connectivity index (χ0n) is 6.28. The summed E-state index contributed by atoms with van der Waals surface area (Å²) in [4.78, 5) is 21.4. The van der Waals surface area contributed by atoms with Gasteiger partial charge in [0.15, 0.2) is 5.78 Å². The first-order chi connectivity index (χ1) is 5.54. The molecule has 4 nitrogen and oxygen atoms in total. The number of aliphatic hydroxyl groups is 1. The fraction of sp³-hybridized carbons (Fsp3) is 0.250. The molecule has 1 atom stereocenters. The minimum atomic E-state index is -1.18. The molecule has 0 radical (unpaired) electrons. The number of hydrogen-bond acceptors (Lipinski definition) is 3. The summed E-state index contributed by atoms with van der Waals surface area (Å²) < 4.78 is 0. The van der Waals surface area contributed by atoms with Gasteiger partial charge in [0.05, 0.1) is 5.57 Å². The van der Waals surface area contributed by atoms with Gasteiger partial charge < -0.3 is 10.2 Å². The predicted molar refractivity (Wildman–Crippen MR) is 40.5 cm³/mol. The van der Waals surface area contributed by atoms with E-state index < -0.39 is 17.9 Å². The molecule has 0 fully saturated rings. The highest BCUT2D eigenvalue weighted by molar-refractivity contribution is 6.12. The largest absolute Gasteiger partial charge is 0.478 e. The van der Waals surface area contributed by atoms with Crippen LogP contribution >= 0.6 is 0 Å². The normalized spacial score (nSPS) is 23.8. The summed E-state index contributed by atoms with van der Waals surface area (Å²) >= 11 is 0. The van der Waals surface area contributed by atoms with Gasteiger partial charge in [0.1, 0.15) is 6.10 Å². The van der Waals surface area contributed by atoms with E-state index >= 15 is 0 Å². The average molecular weight is 168 g/mol. The maximum absolute atomic E-state index is 11.0. The topological polar surface area (TPSA) is 74.6 Å². The zero-order chi connectivity index (χ0) is 9.30. The minimum Gasteiger partial charge on any atom is -0.478 e. The molecule has 1 unspecified atom stereocenters. The molecule has 0 aromatic heterocycles. The molecule has 1 rings (SSSR count). The van der Waals surface area contributed by atoms with E-state index in [2.05, 4.69) is 6.58 Å². The summed E-state index contributed by atoms with van der Waals surface area (Å²) in [6.45, 7) is 3.29. The predicted octanol–water partition coefficient (Wildman–Crippen LogP) is -0.113. The number of hydrogen-bond donors (Lipinski definition) is 2. The molecule has 0 saturated carbocycles. The number of carbonyl (C=O) groups is 2. The number of carboxylic acid groups (broad SMARTS) is 1. The van der Waals surface area contributed by atoms with Crippen LogP contribution in [0.2, 0.25) is 0 Å². The summed E-state index contributed by atoms with van der Waals surface area (Å²) in [5.74, 6) is -1.78. The fourth-order valence-electron chi connectivity index (χ4n) is 1.01. The molecule has 2 N–H and O–H groups in total. The standard InChI is InChI=1S/C8H8O4/c1-4-5(8(11)12)2-3-6(9)7(4)10/h2,6,9H,1,3H2,(H,11,12). The van der Waals surface area contributed by atoms with Gasteiger partial charge >= 0.3 is 5.97 Å². The monoisotopic (exact) mass is 168 g/mol. The highest BCUT2D eigenvalue weighted by Crippen LogP contribution is 2.19. The number of carboxylic acids is 1. The lowest BCUT2D eigenvalue weighted by molar-refractivity contribution is -0.133. The van der Waals surface area contributed by atoms with Gasteiger partial charge in [0.2, 0.25) is 0 Å². The van der Waals surface area contributed by atoms with Gasteiger partial charge in [-0.25, -0.2) is 4.79 Å². The zero-order valence-corrected chi connectivity index (χ0v) is 6.28. The van der Waals surface area contributed by atoms with Gasteiger partial charge in [-0.2, -0.15) is 0 Å². The van der Waals surface area contributed by atoms with Crippen LogP contribution in [0.1, 0.15) is 6.42 Å². The molecule has 1 aliphatic carbocycles. The van der Waals surface area contributed by atoms with Crippen molar-refractivity contribution in [3.05, 3.63) is 23.8 Å². The maximum Gasteiger partial charge on any atom is 0.336 e. The van der Waals surface area contributed by atoms with Gasteiger partial charge in [-0.3, -0.25) is 4.79 Å². The molecule has 0 spiro atoms. The number of ketones is 1. The van der Waals surface area contributed by atoms with E-state index in [9.17, 15) is 9.59 Å². The van der Waals surface area contributed by atoms with E-state index in [1.54, 1.807) is 0 Å². The SMILES string of the molecule is C=C1C(=O)C(O)CC=C1C(=O)O. The molecular formula is C8H8O4. The molecule has 0 amide bonds. The Morgan fingerprint density at radius 3 is 2.75 bits per heavy atom. The minimum absolute atomic E-state index is 0.0550. The van der Waals surface area contributed by atoms with E-state index in [0.29, 0.717) is 0 Å². The third-order valence-corrected chi connectivity index (χ3v) is 1.70. The second kappa shape index (κ2) is 2.91. The van der Waals surface area contributed by atoms with Crippen molar-refractivity contribution in [2.45, 2.75) is 12.5 Å². The average Bonchev–Trinajstić information content (AvgIpc) is 2.00. The molecule has 4 heteroatoms. The lowest BCUT2D eigenvalue weighted by atomic mass is 9.92. The van der Waals surface area contributed by atoms with Gasteiger partial charge in [0.25, 0.3) is 0 Å². The molecule has 0 aromatic carbocycles. The highest BCUT2D eigenvalue weighted by atomic mass is 16.4. The summed E-state index contributed by atoms with van der Waals surface area (Å²) in [7, 11) is 0. The van der Waals surface area contributed by atoms with Crippen molar-refractivity contribution in [3.63, 3.8) is 0 Å². The summed E-state index contributed by atoms with van der Waals surface area (Å²) in [6.07, 6.45) is 0.233. The van der Waals surface area contributed by atoms with Crippen LogP contribution in [0.5, 0.6) is 0 Å². The molecular weight excluding hydrogens is 160 g/mol. The summed E-state index contributed by atoms with van der Waals surface area (Å²) in [5.41, 5.74) is -0.230. The van der Waals surface area contributed by atoms with E-state index in [1.807, 2.05) is 0 Å². The van der Waals surface area contributed by atoms with Crippen LogP contribution in [0.25, 0.3) is 0 Å². The third kappa shape index (κ3) is 1.29. The Labute approximate surface area is 68.8 Å². The molecule has 12 heavy (non-hydrogen) atoms. The Morgan fingerprint density at radius 1 is 1.67 bits per heavy atom. The van der Waals surface area contributed by atoms with Gasteiger partial charge in [-0.1, -0.05) is 12.7 Å². The Bertz CT molecular complexity index is 287. The first-order valence-corrected chi connectivity index (χ1v) is 3.39. The molecule has 1 aliphatic rings.